The molecule has 1 aliphatic heterocycles. The minimum Gasteiger partial charge on any atom is -0.494 e. The molecule has 0 atom stereocenters. The van der Waals surface area contributed by atoms with Crippen molar-refractivity contribution in [2.24, 2.45) is 0 Å². The summed E-state index contributed by atoms with van der Waals surface area (Å²) in [6.07, 6.45) is 0. The van der Waals surface area contributed by atoms with Crippen molar-refractivity contribution >= 4 is 23.2 Å². The molecule has 0 unspecified atom stereocenters. The molecule has 7 heteroatoms. The summed E-state index contributed by atoms with van der Waals surface area (Å²) >= 11 is 1.72. The SMILES string of the molecule is CCOc1ccc(C(=O)NCC(=O)N2CC[NH+](Cc3ccsc3)CC2)cc1. The molecule has 0 radical (unpaired) electrons. The molecule has 2 aromatic rings. The van der Waals surface area contributed by atoms with Gasteiger partial charge in [0.1, 0.15) is 12.3 Å². The second kappa shape index (κ2) is 9.53. The van der Waals surface area contributed by atoms with Crippen LogP contribution in [0, 0.1) is 0 Å². The number of hydrogen-bond donors (Lipinski definition) is 2. The predicted octanol–water partition coefficient (Wildman–Crippen LogP) is 0.804. The second-order valence-electron chi connectivity index (χ2n) is 6.58. The molecule has 3 rings (SSSR count). The van der Waals surface area contributed by atoms with E-state index in [0.717, 1.165) is 38.5 Å². The molecular weight excluding hydrogens is 362 g/mol. The molecule has 0 aliphatic carbocycles. The van der Waals surface area contributed by atoms with E-state index in [2.05, 4.69) is 22.1 Å². The number of ether oxygens (including phenoxy) is 1. The maximum atomic E-state index is 12.4. The first kappa shape index (κ1) is 19.4. The molecule has 2 amide bonds. The monoisotopic (exact) mass is 388 g/mol. The van der Waals surface area contributed by atoms with Crippen LogP contribution in [0.1, 0.15) is 22.8 Å². The van der Waals surface area contributed by atoms with Gasteiger partial charge < -0.3 is 19.9 Å². The molecule has 0 saturated carbocycles. The number of amides is 2. The Hall–Kier alpha value is -2.38. The number of nitrogens with one attached hydrogen (secondary N) is 2. The molecule has 0 spiro atoms. The Morgan fingerprint density at radius 1 is 1.19 bits per heavy atom. The van der Waals surface area contributed by atoms with E-state index in [1.807, 2.05) is 11.8 Å². The fourth-order valence-electron chi connectivity index (χ4n) is 3.17. The van der Waals surface area contributed by atoms with Crippen LogP contribution in [0.3, 0.4) is 0 Å². The van der Waals surface area contributed by atoms with Crippen LogP contribution >= 0.6 is 11.3 Å². The van der Waals surface area contributed by atoms with E-state index in [0.29, 0.717) is 12.2 Å². The number of nitrogens with zero attached hydrogens (tertiary/aromatic N) is 1. The lowest BCUT2D eigenvalue weighted by Crippen LogP contribution is -3.13. The maximum Gasteiger partial charge on any atom is 0.251 e. The largest absolute Gasteiger partial charge is 0.494 e. The average molecular weight is 389 g/mol. The maximum absolute atomic E-state index is 12.4. The number of carbonyl (C=O) groups is 2. The lowest BCUT2D eigenvalue weighted by Gasteiger charge is -2.32. The number of hydrogen-bond acceptors (Lipinski definition) is 4. The Kier molecular flexibility index (Phi) is 6.84. The molecule has 1 aliphatic rings. The molecule has 2 heterocycles. The molecule has 1 fully saturated rings. The normalized spacial score (nSPS) is 14.8. The molecule has 144 valence electrons. The third-order valence-corrected chi connectivity index (χ3v) is 5.42. The molecule has 1 saturated heterocycles. The number of piperazine rings is 1. The van der Waals surface area contributed by atoms with Gasteiger partial charge in [0.25, 0.3) is 5.91 Å². The van der Waals surface area contributed by atoms with Crippen LogP contribution in [0.4, 0.5) is 0 Å². The summed E-state index contributed by atoms with van der Waals surface area (Å²) in [6, 6.07) is 9.09. The summed E-state index contributed by atoms with van der Waals surface area (Å²) in [7, 11) is 0. The zero-order valence-corrected chi connectivity index (χ0v) is 16.4. The van der Waals surface area contributed by atoms with Crippen LogP contribution in [0.25, 0.3) is 0 Å². The van der Waals surface area contributed by atoms with Gasteiger partial charge in [0.15, 0.2) is 0 Å². The van der Waals surface area contributed by atoms with E-state index >= 15 is 0 Å². The number of quaternary nitrogens is 1. The van der Waals surface area contributed by atoms with E-state index in [1.165, 1.54) is 10.5 Å². The van der Waals surface area contributed by atoms with Gasteiger partial charge in [-0.05, 0) is 48.0 Å². The van der Waals surface area contributed by atoms with Crippen molar-refractivity contribution in [1.29, 1.82) is 0 Å². The summed E-state index contributed by atoms with van der Waals surface area (Å²) < 4.78 is 5.37. The zero-order chi connectivity index (χ0) is 19.1. The highest BCUT2D eigenvalue weighted by molar-refractivity contribution is 7.07. The zero-order valence-electron chi connectivity index (χ0n) is 15.6. The van der Waals surface area contributed by atoms with Gasteiger partial charge in [-0.25, -0.2) is 0 Å². The molecule has 1 aromatic carbocycles. The van der Waals surface area contributed by atoms with Crippen molar-refractivity contribution in [3.05, 3.63) is 52.2 Å². The van der Waals surface area contributed by atoms with Crippen LogP contribution in [0.15, 0.2) is 41.1 Å². The highest BCUT2D eigenvalue weighted by Gasteiger charge is 2.24. The summed E-state index contributed by atoms with van der Waals surface area (Å²) in [5.74, 6) is 0.463. The van der Waals surface area contributed by atoms with Gasteiger partial charge in [0.05, 0.1) is 39.3 Å². The number of carbonyl (C=O) groups excluding carboxylic acids is 2. The Morgan fingerprint density at radius 3 is 2.56 bits per heavy atom. The van der Waals surface area contributed by atoms with Gasteiger partial charge in [0.2, 0.25) is 5.91 Å². The van der Waals surface area contributed by atoms with E-state index < -0.39 is 0 Å². The summed E-state index contributed by atoms with van der Waals surface area (Å²) in [6.45, 7) is 6.89. The second-order valence-corrected chi connectivity index (χ2v) is 7.36. The topological polar surface area (TPSA) is 63.1 Å². The number of benzene rings is 1. The first-order valence-electron chi connectivity index (χ1n) is 9.29. The quantitative estimate of drug-likeness (QED) is 0.738. The van der Waals surface area contributed by atoms with Gasteiger partial charge in [-0.1, -0.05) is 0 Å². The summed E-state index contributed by atoms with van der Waals surface area (Å²) in [4.78, 5) is 27.9. The third-order valence-electron chi connectivity index (χ3n) is 4.69. The van der Waals surface area contributed by atoms with Gasteiger partial charge in [-0.2, -0.15) is 11.3 Å². The molecule has 0 bridgehead atoms. The summed E-state index contributed by atoms with van der Waals surface area (Å²) in [5.41, 5.74) is 1.88. The fourth-order valence-corrected chi connectivity index (χ4v) is 3.84. The smallest absolute Gasteiger partial charge is 0.251 e. The number of rotatable bonds is 7. The molecule has 27 heavy (non-hydrogen) atoms. The van der Waals surface area contributed by atoms with Crippen molar-refractivity contribution in [3.8, 4) is 5.75 Å². The Balaban J connectivity index is 1.41. The fraction of sp³-hybridized carbons (Fsp3) is 0.400. The van der Waals surface area contributed by atoms with Crippen molar-refractivity contribution in [3.63, 3.8) is 0 Å². The average Bonchev–Trinajstić information content (AvgIpc) is 3.20. The van der Waals surface area contributed by atoms with Crippen molar-refractivity contribution in [2.75, 3.05) is 39.3 Å². The molecular formula is C20H26N3O3S+. The minimum atomic E-state index is -0.242. The molecule has 2 N–H and O–H groups in total. The Labute approximate surface area is 163 Å². The van der Waals surface area contributed by atoms with Crippen molar-refractivity contribution in [1.82, 2.24) is 10.2 Å². The lowest BCUT2D eigenvalue weighted by molar-refractivity contribution is -0.917. The standard InChI is InChI=1S/C20H25N3O3S/c1-2-26-18-5-3-17(4-6-18)20(25)21-13-19(24)23-10-8-22(9-11-23)14-16-7-12-27-15-16/h3-7,12,15H,2,8-11,13-14H2,1H3,(H,21,25)/p+1. The van der Waals surface area contributed by atoms with E-state index in [9.17, 15) is 9.59 Å². The van der Waals surface area contributed by atoms with E-state index in [1.54, 1.807) is 35.6 Å². The highest BCUT2D eigenvalue weighted by atomic mass is 32.1. The third kappa shape index (κ3) is 5.55. The Morgan fingerprint density at radius 2 is 1.93 bits per heavy atom. The molecule has 1 aromatic heterocycles. The van der Waals surface area contributed by atoms with Gasteiger partial charge in [-0.15, -0.1) is 0 Å². The van der Waals surface area contributed by atoms with Crippen LogP contribution in [0.2, 0.25) is 0 Å². The van der Waals surface area contributed by atoms with Crippen LogP contribution in [-0.4, -0.2) is 56.0 Å². The van der Waals surface area contributed by atoms with Crippen LogP contribution in [-0.2, 0) is 11.3 Å². The van der Waals surface area contributed by atoms with Gasteiger partial charge >= 0.3 is 0 Å². The van der Waals surface area contributed by atoms with E-state index in [4.69, 9.17) is 4.74 Å². The highest BCUT2D eigenvalue weighted by Crippen LogP contribution is 2.12. The summed E-state index contributed by atoms with van der Waals surface area (Å²) in [5, 5.41) is 7.00. The minimum absolute atomic E-state index is 0.0242. The molecule has 6 nitrogen and oxygen atoms in total. The van der Waals surface area contributed by atoms with Crippen molar-refractivity contribution < 1.29 is 19.2 Å². The van der Waals surface area contributed by atoms with E-state index in [-0.39, 0.29) is 18.4 Å². The number of thiophene rings is 1. The van der Waals surface area contributed by atoms with Crippen molar-refractivity contribution in [2.45, 2.75) is 13.5 Å². The lowest BCUT2D eigenvalue weighted by atomic mass is 10.2. The van der Waals surface area contributed by atoms with Gasteiger partial charge in [0, 0.05) is 11.1 Å². The Bertz CT molecular complexity index is 738. The van der Waals surface area contributed by atoms with Gasteiger partial charge in [-0.3, -0.25) is 9.59 Å². The van der Waals surface area contributed by atoms with Crippen LogP contribution < -0.4 is 15.0 Å². The first-order valence-corrected chi connectivity index (χ1v) is 10.2. The predicted molar refractivity (Wildman–Crippen MR) is 105 cm³/mol. The first-order chi connectivity index (χ1) is 13.2. The van der Waals surface area contributed by atoms with Crippen LogP contribution in [0.5, 0.6) is 5.75 Å².